The van der Waals surface area contributed by atoms with Gasteiger partial charge in [0, 0.05) is 29.2 Å². The Morgan fingerprint density at radius 2 is 1.82 bits per heavy atom. The predicted octanol–water partition coefficient (Wildman–Crippen LogP) is 5.65. The van der Waals surface area contributed by atoms with E-state index in [0.717, 1.165) is 39.9 Å². The zero-order valence-electron chi connectivity index (χ0n) is 19.3. The number of carbonyl (C=O) groups is 1. The summed E-state index contributed by atoms with van der Waals surface area (Å²) in [5.41, 5.74) is 8.06. The maximum Gasteiger partial charge on any atom is 0.277 e. The lowest BCUT2D eigenvalue weighted by atomic mass is 10.0. The molecule has 0 unspecified atom stereocenters. The minimum absolute atomic E-state index is 0.0870. The van der Waals surface area contributed by atoms with E-state index < -0.39 is 0 Å². The van der Waals surface area contributed by atoms with E-state index in [2.05, 4.69) is 71.5 Å². The van der Waals surface area contributed by atoms with E-state index in [1.165, 1.54) is 5.56 Å². The van der Waals surface area contributed by atoms with Gasteiger partial charge in [-0.15, -0.1) is 0 Å². The van der Waals surface area contributed by atoms with Crippen molar-refractivity contribution in [1.29, 1.82) is 0 Å². The Hall–Kier alpha value is -3.86. The summed E-state index contributed by atoms with van der Waals surface area (Å²) in [5.74, 6) is 0.762. The van der Waals surface area contributed by atoms with Gasteiger partial charge in [-0.05, 0) is 41.7 Å². The van der Waals surface area contributed by atoms with Crippen LogP contribution in [-0.4, -0.2) is 23.3 Å². The van der Waals surface area contributed by atoms with Gasteiger partial charge in [0.2, 0.25) is 0 Å². The molecule has 1 heterocycles. The second-order valence-corrected chi connectivity index (χ2v) is 8.49. The van der Waals surface area contributed by atoms with Crippen molar-refractivity contribution in [3.63, 3.8) is 0 Å². The third kappa shape index (κ3) is 5.50. The van der Waals surface area contributed by atoms with E-state index in [0.29, 0.717) is 5.92 Å². The van der Waals surface area contributed by atoms with Gasteiger partial charge >= 0.3 is 0 Å². The first-order valence-corrected chi connectivity index (χ1v) is 11.2. The number of hydrazone groups is 1. The topological polar surface area (TPSA) is 55.6 Å². The van der Waals surface area contributed by atoms with Crippen molar-refractivity contribution in [3.05, 3.63) is 101 Å². The van der Waals surface area contributed by atoms with Gasteiger partial charge in [-0.2, -0.15) is 5.10 Å². The number of hydrogen-bond acceptors (Lipinski definition) is 3. The normalized spacial score (nSPS) is 11.4. The zero-order valence-corrected chi connectivity index (χ0v) is 19.3. The van der Waals surface area contributed by atoms with Crippen LogP contribution in [0.25, 0.3) is 10.9 Å². The van der Waals surface area contributed by atoms with E-state index in [9.17, 15) is 4.79 Å². The van der Waals surface area contributed by atoms with Crippen molar-refractivity contribution < 1.29 is 9.53 Å². The van der Waals surface area contributed by atoms with E-state index in [-0.39, 0.29) is 12.5 Å². The van der Waals surface area contributed by atoms with Crippen LogP contribution in [-0.2, 0) is 11.3 Å². The fraction of sp³-hybridized carbons (Fsp3) is 0.214. The van der Waals surface area contributed by atoms with Crippen LogP contribution in [0.3, 0.4) is 0 Å². The van der Waals surface area contributed by atoms with Crippen LogP contribution in [0.5, 0.6) is 5.75 Å². The third-order valence-electron chi connectivity index (χ3n) is 5.56. The Bertz CT molecular complexity index is 1270. The first-order chi connectivity index (χ1) is 16.0. The van der Waals surface area contributed by atoms with Crippen LogP contribution in [0, 0.1) is 6.92 Å². The summed E-state index contributed by atoms with van der Waals surface area (Å²) in [4.78, 5) is 12.3. The Morgan fingerprint density at radius 1 is 1.06 bits per heavy atom. The first-order valence-electron chi connectivity index (χ1n) is 11.2. The molecule has 0 saturated heterocycles. The molecule has 0 atom stereocenters. The van der Waals surface area contributed by atoms with Crippen LogP contribution >= 0.6 is 0 Å². The number of aromatic nitrogens is 1. The van der Waals surface area contributed by atoms with Gasteiger partial charge in [0.1, 0.15) is 5.75 Å². The van der Waals surface area contributed by atoms with Crippen molar-refractivity contribution >= 4 is 23.0 Å². The van der Waals surface area contributed by atoms with Crippen molar-refractivity contribution in [2.45, 2.75) is 33.2 Å². The molecule has 5 heteroatoms. The number of amides is 1. The predicted molar refractivity (Wildman–Crippen MR) is 134 cm³/mol. The lowest BCUT2D eigenvalue weighted by molar-refractivity contribution is -0.123. The molecule has 1 aromatic heterocycles. The molecular weight excluding hydrogens is 410 g/mol. The van der Waals surface area contributed by atoms with Gasteiger partial charge < -0.3 is 9.30 Å². The summed E-state index contributed by atoms with van der Waals surface area (Å²) in [6.45, 7) is 6.90. The summed E-state index contributed by atoms with van der Waals surface area (Å²) in [6, 6.07) is 24.6. The average molecular weight is 440 g/mol. The van der Waals surface area contributed by atoms with E-state index in [1.807, 2.05) is 43.3 Å². The largest absolute Gasteiger partial charge is 0.483 e. The molecule has 0 fully saturated rings. The molecule has 0 aliphatic rings. The van der Waals surface area contributed by atoms with Crippen LogP contribution in [0.1, 0.15) is 42.0 Å². The van der Waals surface area contributed by atoms with Crippen molar-refractivity contribution in [2.75, 3.05) is 6.61 Å². The SMILES string of the molecule is Cc1ccc(C(C)C)c(OCC(=O)N/N=C/c2cn(Cc3ccccc3)c3ccccc23)c1. The number of benzene rings is 3. The molecule has 4 rings (SSSR count). The molecule has 0 saturated carbocycles. The van der Waals surface area contributed by atoms with E-state index >= 15 is 0 Å². The van der Waals surface area contributed by atoms with Crippen molar-refractivity contribution in [1.82, 2.24) is 9.99 Å². The fourth-order valence-electron chi connectivity index (χ4n) is 3.88. The molecule has 0 aliphatic heterocycles. The minimum atomic E-state index is -0.296. The van der Waals surface area contributed by atoms with Gasteiger partial charge in [-0.1, -0.05) is 74.5 Å². The molecule has 0 radical (unpaired) electrons. The van der Waals surface area contributed by atoms with E-state index in [1.54, 1.807) is 6.21 Å². The molecule has 168 valence electrons. The minimum Gasteiger partial charge on any atom is -0.483 e. The van der Waals surface area contributed by atoms with Gasteiger partial charge in [-0.25, -0.2) is 5.43 Å². The quantitative estimate of drug-likeness (QED) is 0.285. The highest BCUT2D eigenvalue weighted by Gasteiger charge is 2.11. The van der Waals surface area contributed by atoms with Crippen molar-refractivity contribution in [2.24, 2.45) is 5.10 Å². The monoisotopic (exact) mass is 439 g/mol. The highest BCUT2D eigenvalue weighted by Crippen LogP contribution is 2.27. The van der Waals surface area contributed by atoms with Gasteiger partial charge in [0.15, 0.2) is 6.61 Å². The summed E-state index contributed by atoms with van der Waals surface area (Å²) < 4.78 is 7.99. The number of fused-ring (bicyclic) bond motifs is 1. The molecule has 3 aromatic carbocycles. The molecule has 1 amide bonds. The van der Waals surface area contributed by atoms with Crippen LogP contribution < -0.4 is 10.2 Å². The third-order valence-corrected chi connectivity index (χ3v) is 5.56. The Balaban J connectivity index is 1.43. The number of nitrogens with zero attached hydrogens (tertiary/aromatic N) is 2. The second kappa shape index (κ2) is 10.2. The molecular formula is C28H29N3O2. The van der Waals surface area contributed by atoms with Crippen molar-refractivity contribution in [3.8, 4) is 5.75 Å². The summed E-state index contributed by atoms with van der Waals surface area (Å²) >= 11 is 0. The molecule has 5 nitrogen and oxygen atoms in total. The maximum atomic E-state index is 12.3. The summed E-state index contributed by atoms with van der Waals surface area (Å²) in [6.07, 6.45) is 3.75. The van der Waals surface area contributed by atoms with Gasteiger partial charge in [0.05, 0.1) is 6.21 Å². The standard InChI is InChI=1S/C28H29N3O2/c1-20(2)24-14-13-21(3)15-27(24)33-19-28(32)30-29-16-23-18-31(17-22-9-5-4-6-10-22)26-12-8-7-11-25(23)26/h4-16,18,20H,17,19H2,1-3H3,(H,30,32)/b29-16+. The van der Waals surface area contributed by atoms with Gasteiger partial charge in [-0.3, -0.25) is 4.79 Å². The molecule has 0 bridgehead atoms. The average Bonchev–Trinajstić information content (AvgIpc) is 3.15. The lowest BCUT2D eigenvalue weighted by Gasteiger charge is -2.14. The van der Waals surface area contributed by atoms with Crippen LogP contribution in [0.4, 0.5) is 0 Å². The van der Waals surface area contributed by atoms with Gasteiger partial charge in [0.25, 0.3) is 5.91 Å². The molecule has 0 spiro atoms. The number of ether oxygens (including phenoxy) is 1. The maximum absolute atomic E-state index is 12.3. The highest BCUT2D eigenvalue weighted by molar-refractivity contribution is 5.99. The summed E-state index contributed by atoms with van der Waals surface area (Å²) in [7, 11) is 0. The molecule has 33 heavy (non-hydrogen) atoms. The number of nitrogens with one attached hydrogen (secondary N) is 1. The smallest absolute Gasteiger partial charge is 0.277 e. The number of para-hydroxylation sites is 1. The lowest BCUT2D eigenvalue weighted by Crippen LogP contribution is -2.25. The van der Waals surface area contributed by atoms with Crippen LogP contribution in [0.15, 0.2) is 84.1 Å². The summed E-state index contributed by atoms with van der Waals surface area (Å²) in [5, 5.41) is 5.27. The zero-order chi connectivity index (χ0) is 23.2. The molecule has 1 N–H and O–H groups in total. The number of hydrogen-bond donors (Lipinski definition) is 1. The number of aryl methyl sites for hydroxylation is 1. The van der Waals surface area contributed by atoms with Crippen LogP contribution in [0.2, 0.25) is 0 Å². The second-order valence-electron chi connectivity index (χ2n) is 8.49. The first kappa shape index (κ1) is 22.3. The fourth-order valence-corrected chi connectivity index (χ4v) is 3.88. The molecule has 4 aromatic rings. The van der Waals surface area contributed by atoms with E-state index in [4.69, 9.17) is 4.74 Å². The highest BCUT2D eigenvalue weighted by atomic mass is 16.5. The Kier molecular flexibility index (Phi) is 6.89. The number of rotatable bonds is 8. The number of carbonyl (C=O) groups excluding carboxylic acids is 1. The molecule has 0 aliphatic carbocycles. The Labute approximate surface area is 194 Å². The Morgan fingerprint density at radius 3 is 2.61 bits per heavy atom.